The van der Waals surface area contributed by atoms with Crippen molar-refractivity contribution in [1.82, 2.24) is 9.78 Å². The maximum atomic E-state index is 13.2. The summed E-state index contributed by atoms with van der Waals surface area (Å²) in [4.78, 5) is 0. The van der Waals surface area contributed by atoms with Gasteiger partial charge in [0, 0.05) is 11.8 Å². The van der Waals surface area contributed by atoms with Crippen molar-refractivity contribution in [2.24, 2.45) is 0 Å². The molecule has 1 aromatic carbocycles. The Hall–Kier alpha value is -1.35. The summed E-state index contributed by atoms with van der Waals surface area (Å²) < 4.78 is 14.8. The molecule has 0 saturated heterocycles. The van der Waals surface area contributed by atoms with Gasteiger partial charge < -0.3 is 0 Å². The van der Waals surface area contributed by atoms with E-state index < -0.39 is 0 Å². The van der Waals surface area contributed by atoms with E-state index >= 15 is 0 Å². The third kappa shape index (κ3) is 1.93. The molecule has 0 saturated carbocycles. The Balaban J connectivity index is 2.23. The minimum atomic E-state index is -0.223. The predicted molar refractivity (Wildman–Crippen MR) is 52.7 cm³/mol. The highest BCUT2D eigenvalue weighted by atomic mass is 35.5. The fourth-order valence-electron chi connectivity index (χ4n) is 1.23. The summed E-state index contributed by atoms with van der Waals surface area (Å²) in [5.74, 6) is -0.223. The van der Waals surface area contributed by atoms with Gasteiger partial charge in [-0.3, -0.25) is 4.68 Å². The van der Waals surface area contributed by atoms with Gasteiger partial charge in [0.05, 0.1) is 17.8 Å². The van der Waals surface area contributed by atoms with Crippen molar-refractivity contribution in [2.45, 2.75) is 6.54 Å². The number of rotatable bonds is 2. The molecule has 1 heterocycles. The average Bonchev–Trinajstić information content (AvgIpc) is 2.56. The van der Waals surface area contributed by atoms with Gasteiger partial charge in [0.15, 0.2) is 0 Å². The minimum absolute atomic E-state index is 0.223. The Morgan fingerprint density at radius 3 is 2.79 bits per heavy atom. The molecule has 14 heavy (non-hydrogen) atoms. The highest BCUT2D eigenvalue weighted by Crippen LogP contribution is 2.10. The summed E-state index contributed by atoms with van der Waals surface area (Å²) in [5, 5.41) is 4.53. The summed E-state index contributed by atoms with van der Waals surface area (Å²) in [6, 6.07) is 6.61. The third-order valence-electron chi connectivity index (χ3n) is 1.89. The lowest BCUT2D eigenvalue weighted by molar-refractivity contribution is 0.585. The van der Waals surface area contributed by atoms with Gasteiger partial charge in [0.2, 0.25) is 0 Å². The van der Waals surface area contributed by atoms with E-state index in [9.17, 15) is 4.39 Å². The number of aromatic nitrogens is 2. The largest absolute Gasteiger partial charge is 0.267 e. The van der Waals surface area contributed by atoms with Crippen LogP contribution in [0.2, 0.25) is 5.02 Å². The van der Waals surface area contributed by atoms with Crippen LogP contribution in [0, 0.1) is 5.82 Å². The Bertz CT molecular complexity index is 439. The molecule has 0 spiro atoms. The molecule has 0 bridgehead atoms. The fourth-order valence-corrected chi connectivity index (χ4v) is 1.38. The molecule has 0 atom stereocenters. The molecule has 1 aromatic heterocycles. The van der Waals surface area contributed by atoms with Crippen molar-refractivity contribution in [1.29, 1.82) is 0 Å². The first kappa shape index (κ1) is 9.21. The van der Waals surface area contributed by atoms with Crippen LogP contribution in [0.4, 0.5) is 4.39 Å². The van der Waals surface area contributed by atoms with E-state index in [-0.39, 0.29) is 5.82 Å². The Morgan fingerprint density at radius 1 is 1.36 bits per heavy atom. The predicted octanol–water partition coefficient (Wildman–Crippen LogP) is 2.72. The van der Waals surface area contributed by atoms with Gasteiger partial charge >= 0.3 is 0 Å². The lowest BCUT2D eigenvalue weighted by atomic mass is 10.2. The van der Waals surface area contributed by atoms with Gasteiger partial charge in [0.25, 0.3) is 0 Å². The monoisotopic (exact) mass is 210 g/mol. The second kappa shape index (κ2) is 3.80. The van der Waals surface area contributed by atoms with Crippen molar-refractivity contribution < 1.29 is 4.39 Å². The van der Waals surface area contributed by atoms with Gasteiger partial charge in [-0.25, -0.2) is 4.39 Å². The van der Waals surface area contributed by atoms with Crippen LogP contribution in [-0.2, 0) is 6.54 Å². The third-order valence-corrected chi connectivity index (χ3v) is 2.09. The maximum absolute atomic E-state index is 13.2. The molecule has 0 fully saturated rings. The van der Waals surface area contributed by atoms with E-state index in [1.165, 1.54) is 12.3 Å². The lowest BCUT2D eigenvalue weighted by Gasteiger charge is -2.02. The molecule has 72 valence electrons. The molecule has 4 heteroatoms. The van der Waals surface area contributed by atoms with E-state index in [1.54, 1.807) is 29.1 Å². The van der Waals surface area contributed by atoms with Gasteiger partial charge in [-0.2, -0.15) is 5.10 Å². The molecule has 0 aliphatic rings. The Labute approximate surface area is 85.9 Å². The molecule has 0 aliphatic heterocycles. The number of halogens is 2. The number of hydrogen-bond donors (Lipinski definition) is 0. The average molecular weight is 211 g/mol. The number of hydrogen-bond acceptors (Lipinski definition) is 1. The molecule has 0 N–H and O–H groups in total. The molecule has 0 unspecified atom stereocenters. The summed E-state index contributed by atoms with van der Waals surface area (Å²) in [6.45, 7) is 0.402. The van der Waals surface area contributed by atoms with Crippen molar-refractivity contribution in [3.8, 4) is 0 Å². The topological polar surface area (TPSA) is 17.8 Å². The fraction of sp³-hybridized carbons (Fsp3) is 0.100. The summed E-state index contributed by atoms with van der Waals surface area (Å²) in [6.07, 6.45) is 3.19. The zero-order valence-corrected chi connectivity index (χ0v) is 8.08. The lowest BCUT2D eigenvalue weighted by Crippen LogP contribution is -2.01. The zero-order chi connectivity index (χ0) is 9.97. The molecular weight excluding hydrogens is 203 g/mol. The van der Waals surface area contributed by atoms with Crippen LogP contribution in [0.3, 0.4) is 0 Å². The van der Waals surface area contributed by atoms with Gasteiger partial charge in [-0.15, -0.1) is 0 Å². The standard InChI is InChI=1S/C10H8ClFN2/c11-9-5-13-14(7-9)6-8-3-1-2-4-10(8)12/h1-5,7H,6H2. The first-order chi connectivity index (χ1) is 6.75. The second-order valence-electron chi connectivity index (χ2n) is 2.95. The van der Waals surface area contributed by atoms with Crippen molar-refractivity contribution in [2.75, 3.05) is 0 Å². The Kier molecular flexibility index (Phi) is 2.50. The summed E-state index contributed by atoms with van der Waals surface area (Å²) in [7, 11) is 0. The van der Waals surface area contributed by atoms with Crippen LogP contribution in [0.1, 0.15) is 5.56 Å². The van der Waals surface area contributed by atoms with Gasteiger partial charge in [-0.05, 0) is 6.07 Å². The highest BCUT2D eigenvalue weighted by molar-refractivity contribution is 6.30. The van der Waals surface area contributed by atoms with E-state index in [4.69, 9.17) is 11.6 Å². The first-order valence-corrected chi connectivity index (χ1v) is 4.55. The molecule has 2 nitrogen and oxygen atoms in total. The molecule has 2 rings (SSSR count). The van der Waals surface area contributed by atoms with Crippen LogP contribution in [0.25, 0.3) is 0 Å². The molecular formula is C10H8ClFN2. The van der Waals surface area contributed by atoms with Crippen LogP contribution in [-0.4, -0.2) is 9.78 Å². The van der Waals surface area contributed by atoms with Crippen LogP contribution < -0.4 is 0 Å². The maximum Gasteiger partial charge on any atom is 0.128 e. The summed E-state index contributed by atoms with van der Waals surface area (Å²) in [5.41, 5.74) is 0.604. The molecule has 2 aromatic rings. The van der Waals surface area contributed by atoms with Gasteiger partial charge in [0.1, 0.15) is 5.82 Å². The smallest absolute Gasteiger partial charge is 0.128 e. The van der Waals surface area contributed by atoms with Crippen LogP contribution >= 0.6 is 11.6 Å². The zero-order valence-electron chi connectivity index (χ0n) is 7.32. The van der Waals surface area contributed by atoms with E-state index in [0.29, 0.717) is 17.1 Å². The van der Waals surface area contributed by atoms with Crippen molar-refractivity contribution in [3.05, 3.63) is 53.1 Å². The quantitative estimate of drug-likeness (QED) is 0.745. The SMILES string of the molecule is Fc1ccccc1Cn1cc(Cl)cn1. The number of nitrogens with zero attached hydrogens (tertiary/aromatic N) is 2. The first-order valence-electron chi connectivity index (χ1n) is 4.17. The molecule has 0 radical (unpaired) electrons. The van der Waals surface area contributed by atoms with Crippen molar-refractivity contribution >= 4 is 11.6 Å². The van der Waals surface area contributed by atoms with Crippen LogP contribution in [0.5, 0.6) is 0 Å². The van der Waals surface area contributed by atoms with Gasteiger partial charge in [-0.1, -0.05) is 29.8 Å². The van der Waals surface area contributed by atoms with E-state index in [2.05, 4.69) is 5.10 Å². The number of benzene rings is 1. The Morgan fingerprint density at radius 2 is 2.14 bits per heavy atom. The normalized spacial score (nSPS) is 10.4. The summed E-state index contributed by atoms with van der Waals surface area (Å²) >= 11 is 5.69. The molecule has 0 aliphatic carbocycles. The highest BCUT2D eigenvalue weighted by Gasteiger charge is 2.02. The van der Waals surface area contributed by atoms with E-state index in [1.807, 2.05) is 0 Å². The van der Waals surface area contributed by atoms with E-state index in [0.717, 1.165) is 0 Å². The second-order valence-corrected chi connectivity index (χ2v) is 3.38. The molecule has 0 amide bonds. The van der Waals surface area contributed by atoms with Crippen LogP contribution in [0.15, 0.2) is 36.7 Å². The van der Waals surface area contributed by atoms with Crippen molar-refractivity contribution in [3.63, 3.8) is 0 Å². The minimum Gasteiger partial charge on any atom is -0.267 e.